The van der Waals surface area contributed by atoms with Crippen LogP contribution in [0.15, 0.2) is 36.4 Å². The molecule has 2 amide bonds. The van der Waals surface area contributed by atoms with Gasteiger partial charge in [0, 0.05) is 33.4 Å². The van der Waals surface area contributed by atoms with E-state index >= 15 is 0 Å². The third kappa shape index (κ3) is 4.87. The van der Waals surface area contributed by atoms with E-state index in [1.807, 2.05) is 6.92 Å². The number of benzene rings is 2. The third-order valence-electron chi connectivity index (χ3n) is 3.30. The van der Waals surface area contributed by atoms with Crippen LogP contribution in [0.2, 0.25) is 15.1 Å². The molecule has 0 unspecified atom stereocenters. The van der Waals surface area contributed by atoms with Crippen molar-refractivity contribution in [2.45, 2.75) is 13.8 Å². The molecule has 0 aliphatic rings. The molecule has 0 radical (unpaired) electrons. The summed E-state index contributed by atoms with van der Waals surface area (Å²) in [5.41, 5.74) is 1.90. The lowest BCUT2D eigenvalue weighted by molar-refractivity contribution is -0.120. The van der Waals surface area contributed by atoms with E-state index in [9.17, 15) is 9.59 Å². The lowest BCUT2D eigenvalue weighted by Gasteiger charge is -2.21. The van der Waals surface area contributed by atoms with Crippen LogP contribution in [0.1, 0.15) is 12.5 Å². The van der Waals surface area contributed by atoms with Gasteiger partial charge in [-0.25, -0.2) is 0 Å². The molecule has 2 aromatic rings. The number of aryl methyl sites for hydroxylation is 1. The largest absolute Gasteiger partial charge is 0.324 e. The summed E-state index contributed by atoms with van der Waals surface area (Å²) in [7, 11) is 0. The second-order valence-electron chi connectivity index (χ2n) is 5.24. The summed E-state index contributed by atoms with van der Waals surface area (Å²) in [5.74, 6) is -0.644. The highest BCUT2D eigenvalue weighted by molar-refractivity contribution is 6.35. The lowest BCUT2D eigenvalue weighted by Crippen LogP contribution is -2.36. The van der Waals surface area contributed by atoms with Crippen LogP contribution in [0.3, 0.4) is 0 Å². The maximum absolute atomic E-state index is 12.3. The highest BCUT2D eigenvalue weighted by Gasteiger charge is 2.17. The average Bonchev–Trinajstić information content (AvgIpc) is 2.46. The molecule has 0 saturated carbocycles. The predicted octanol–water partition coefficient (Wildman–Crippen LogP) is 4.95. The highest BCUT2D eigenvalue weighted by atomic mass is 35.5. The van der Waals surface area contributed by atoms with E-state index in [4.69, 9.17) is 34.8 Å². The number of halogens is 3. The molecular formula is C17H15Cl3N2O2. The van der Waals surface area contributed by atoms with Gasteiger partial charge in [-0.05, 0) is 42.8 Å². The summed E-state index contributed by atoms with van der Waals surface area (Å²) in [5, 5.41) is 4.02. The first kappa shape index (κ1) is 18.6. The number of carbonyl (C=O) groups is 2. The standard InChI is InChI=1S/C17H15Cl3N2O2/c1-10-3-4-15(8-16(10)20)22(11(2)23)9-17(24)21-14-6-12(18)5-13(19)7-14/h3-8H,9H2,1-2H3,(H,21,24). The van der Waals surface area contributed by atoms with Gasteiger partial charge in [0.25, 0.3) is 0 Å². The van der Waals surface area contributed by atoms with E-state index in [1.54, 1.807) is 36.4 Å². The first-order valence-electron chi connectivity index (χ1n) is 7.06. The zero-order chi connectivity index (χ0) is 17.9. The number of nitrogens with zero attached hydrogens (tertiary/aromatic N) is 1. The summed E-state index contributed by atoms with van der Waals surface area (Å²) in [6.07, 6.45) is 0. The molecule has 0 saturated heterocycles. The van der Waals surface area contributed by atoms with E-state index in [0.717, 1.165) is 5.56 Å². The Morgan fingerprint density at radius 1 is 1.04 bits per heavy atom. The van der Waals surface area contributed by atoms with Crippen LogP contribution >= 0.6 is 34.8 Å². The minimum Gasteiger partial charge on any atom is -0.324 e. The van der Waals surface area contributed by atoms with Gasteiger partial charge in [0.05, 0.1) is 0 Å². The maximum atomic E-state index is 12.3. The van der Waals surface area contributed by atoms with Crippen LogP contribution in [-0.4, -0.2) is 18.4 Å². The smallest absolute Gasteiger partial charge is 0.244 e. The quantitative estimate of drug-likeness (QED) is 0.810. The molecule has 0 heterocycles. The Balaban J connectivity index is 2.16. The Hall–Kier alpha value is -1.75. The molecule has 1 N–H and O–H groups in total. The van der Waals surface area contributed by atoms with Crippen LogP contribution in [-0.2, 0) is 9.59 Å². The van der Waals surface area contributed by atoms with Gasteiger partial charge in [-0.2, -0.15) is 0 Å². The fourth-order valence-corrected chi connectivity index (χ4v) is 2.81. The summed E-state index contributed by atoms with van der Waals surface area (Å²) in [6.45, 7) is 3.09. The van der Waals surface area contributed by atoms with Gasteiger partial charge >= 0.3 is 0 Å². The SMILES string of the molecule is CC(=O)N(CC(=O)Nc1cc(Cl)cc(Cl)c1)c1ccc(C)c(Cl)c1. The van der Waals surface area contributed by atoms with Crippen LogP contribution in [0.5, 0.6) is 0 Å². The first-order chi connectivity index (χ1) is 11.3. The second-order valence-corrected chi connectivity index (χ2v) is 6.53. The third-order valence-corrected chi connectivity index (χ3v) is 4.14. The summed E-state index contributed by atoms with van der Waals surface area (Å²) in [4.78, 5) is 25.5. The lowest BCUT2D eigenvalue weighted by atomic mass is 10.2. The molecule has 0 aliphatic heterocycles. The van der Waals surface area contributed by atoms with Crippen molar-refractivity contribution in [3.8, 4) is 0 Å². The molecule has 7 heteroatoms. The minimum atomic E-state index is -0.375. The van der Waals surface area contributed by atoms with Crippen molar-refractivity contribution in [1.82, 2.24) is 0 Å². The van der Waals surface area contributed by atoms with Crippen LogP contribution in [0.25, 0.3) is 0 Å². The molecule has 0 spiro atoms. The van der Waals surface area contributed by atoms with E-state index in [2.05, 4.69) is 5.32 Å². The summed E-state index contributed by atoms with van der Waals surface area (Å²) >= 11 is 17.9. The summed E-state index contributed by atoms with van der Waals surface area (Å²) in [6, 6.07) is 9.91. The topological polar surface area (TPSA) is 49.4 Å². The monoisotopic (exact) mass is 384 g/mol. The van der Waals surface area contributed by atoms with Gasteiger partial charge in [-0.1, -0.05) is 40.9 Å². The predicted molar refractivity (Wildman–Crippen MR) is 99.3 cm³/mol. The van der Waals surface area contributed by atoms with E-state index in [0.29, 0.717) is 26.4 Å². The number of hydrogen-bond acceptors (Lipinski definition) is 2. The first-order valence-corrected chi connectivity index (χ1v) is 8.20. The molecule has 0 atom stereocenters. The zero-order valence-electron chi connectivity index (χ0n) is 13.1. The van der Waals surface area contributed by atoms with Crippen LogP contribution in [0.4, 0.5) is 11.4 Å². The molecule has 2 rings (SSSR count). The number of amides is 2. The highest BCUT2D eigenvalue weighted by Crippen LogP contribution is 2.24. The molecule has 4 nitrogen and oxygen atoms in total. The molecule has 0 fully saturated rings. The van der Waals surface area contributed by atoms with Crippen LogP contribution < -0.4 is 10.2 Å². The van der Waals surface area contributed by atoms with Gasteiger partial charge in [-0.3, -0.25) is 9.59 Å². The van der Waals surface area contributed by atoms with Crippen molar-refractivity contribution in [2.75, 3.05) is 16.8 Å². The number of anilines is 2. The van der Waals surface area contributed by atoms with Crippen LogP contribution in [0, 0.1) is 6.92 Å². The van der Waals surface area contributed by atoms with Gasteiger partial charge < -0.3 is 10.2 Å². The maximum Gasteiger partial charge on any atom is 0.244 e. The number of nitrogens with one attached hydrogen (secondary N) is 1. The van der Waals surface area contributed by atoms with E-state index in [-0.39, 0.29) is 18.4 Å². The molecule has 2 aromatic carbocycles. The van der Waals surface area contributed by atoms with Gasteiger partial charge in [-0.15, -0.1) is 0 Å². The van der Waals surface area contributed by atoms with Crippen molar-refractivity contribution in [3.05, 3.63) is 57.0 Å². The Labute approximate surface area is 155 Å². The average molecular weight is 386 g/mol. The number of carbonyl (C=O) groups excluding carboxylic acids is 2. The fourth-order valence-electron chi connectivity index (χ4n) is 2.10. The van der Waals surface area contributed by atoms with Crippen molar-refractivity contribution >= 4 is 58.0 Å². The molecule has 0 aliphatic carbocycles. The van der Waals surface area contributed by atoms with Crippen molar-refractivity contribution in [3.63, 3.8) is 0 Å². The second kappa shape index (κ2) is 7.88. The van der Waals surface area contributed by atoms with Gasteiger partial charge in [0.1, 0.15) is 6.54 Å². The molecule has 0 aromatic heterocycles. The van der Waals surface area contributed by atoms with Gasteiger partial charge in [0.15, 0.2) is 0 Å². The molecular weight excluding hydrogens is 371 g/mol. The van der Waals surface area contributed by atoms with E-state index in [1.165, 1.54) is 11.8 Å². The van der Waals surface area contributed by atoms with Gasteiger partial charge in [0.2, 0.25) is 11.8 Å². The summed E-state index contributed by atoms with van der Waals surface area (Å²) < 4.78 is 0. The van der Waals surface area contributed by atoms with Crippen molar-refractivity contribution in [1.29, 1.82) is 0 Å². The van der Waals surface area contributed by atoms with Crippen molar-refractivity contribution < 1.29 is 9.59 Å². The van der Waals surface area contributed by atoms with E-state index < -0.39 is 0 Å². The molecule has 126 valence electrons. The number of hydrogen-bond donors (Lipinski definition) is 1. The zero-order valence-corrected chi connectivity index (χ0v) is 15.3. The Kier molecular flexibility index (Phi) is 6.10. The van der Waals surface area contributed by atoms with Crippen molar-refractivity contribution in [2.24, 2.45) is 0 Å². The molecule has 24 heavy (non-hydrogen) atoms. The normalized spacial score (nSPS) is 10.4. The Morgan fingerprint density at radius 2 is 1.67 bits per heavy atom. The Morgan fingerprint density at radius 3 is 2.21 bits per heavy atom. The fraction of sp³-hybridized carbons (Fsp3) is 0.176. The molecule has 0 bridgehead atoms. The number of rotatable bonds is 4. The Bertz CT molecular complexity index is 773. The minimum absolute atomic E-state index is 0.154.